The van der Waals surface area contributed by atoms with Crippen LogP contribution < -0.4 is 10.1 Å². The molecule has 0 bridgehead atoms. The van der Waals surface area contributed by atoms with Gasteiger partial charge in [0.25, 0.3) is 0 Å². The van der Waals surface area contributed by atoms with Gasteiger partial charge in [0, 0.05) is 19.0 Å². The number of rotatable bonds is 8. The number of carbonyl (C=O) groups is 2. The van der Waals surface area contributed by atoms with E-state index in [9.17, 15) is 9.59 Å². The number of aromatic nitrogens is 2. The molecule has 7 nitrogen and oxygen atoms in total. The monoisotopic (exact) mass is 438 g/mol. The third-order valence-electron chi connectivity index (χ3n) is 6.85. The molecule has 0 unspecified atom stereocenters. The van der Waals surface area contributed by atoms with Gasteiger partial charge in [-0.3, -0.25) is 9.59 Å². The van der Waals surface area contributed by atoms with Gasteiger partial charge >= 0.3 is 0 Å². The molecule has 2 aliphatic rings. The van der Waals surface area contributed by atoms with E-state index in [1.54, 1.807) is 13.3 Å². The summed E-state index contributed by atoms with van der Waals surface area (Å²) < 4.78 is 7.27. The Bertz CT molecular complexity index is 918. The number of nitrogens with one attached hydrogen (secondary N) is 1. The van der Waals surface area contributed by atoms with Gasteiger partial charge in [0.15, 0.2) is 0 Å². The second kappa shape index (κ2) is 10.2. The van der Waals surface area contributed by atoms with Gasteiger partial charge in [0.2, 0.25) is 11.8 Å². The third kappa shape index (κ3) is 4.66. The van der Waals surface area contributed by atoms with Crippen LogP contribution >= 0.6 is 0 Å². The average molecular weight is 439 g/mol. The number of benzene rings is 1. The zero-order valence-electron chi connectivity index (χ0n) is 19.1. The highest BCUT2D eigenvalue weighted by molar-refractivity contribution is 5.94. The molecule has 1 saturated carbocycles. The highest BCUT2D eigenvalue weighted by Crippen LogP contribution is 2.39. The molecular weight excluding hydrogens is 404 g/mol. The van der Waals surface area contributed by atoms with E-state index in [2.05, 4.69) is 17.3 Å². The molecule has 4 rings (SSSR count). The maximum atomic E-state index is 13.6. The lowest BCUT2D eigenvalue weighted by Crippen LogP contribution is -2.47. The molecule has 172 valence electrons. The fourth-order valence-electron chi connectivity index (χ4n) is 5.10. The Hall–Kier alpha value is -2.83. The van der Waals surface area contributed by atoms with Crippen LogP contribution in [0.1, 0.15) is 75.9 Å². The minimum atomic E-state index is -0.315. The van der Waals surface area contributed by atoms with Crippen molar-refractivity contribution < 1.29 is 14.3 Å². The molecule has 1 aromatic carbocycles. The zero-order valence-corrected chi connectivity index (χ0v) is 19.1. The predicted molar refractivity (Wildman–Crippen MR) is 123 cm³/mol. The number of nitrogens with zero attached hydrogens (tertiary/aromatic N) is 3. The SMILES string of the molecule is CCCCN1C(=O)CC[C@@H](C(=O)Nc2ccnn2C2CCCC2)[C@H]1c1ccc(OC)cc1. The first-order valence-electron chi connectivity index (χ1n) is 11.9. The zero-order chi connectivity index (χ0) is 22.5. The van der Waals surface area contributed by atoms with Crippen molar-refractivity contribution in [2.24, 2.45) is 5.92 Å². The molecule has 32 heavy (non-hydrogen) atoms. The fraction of sp³-hybridized carbons (Fsp3) is 0.560. The summed E-state index contributed by atoms with van der Waals surface area (Å²) in [7, 11) is 1.64. The van der Waals surface area contributed by atoms with Crippen LogP contribution in [-0.4, -0.2) is 40.1 Å². The van der Waals surface area contributed by atoms with Crippen LogP contribution in [-0.2, 0) is 9.59 Å². The summed E-state index contributed by atoms with van der Waals surface area (Å²) in [6.07, 6.45) is 9.22. The summed E-state index contributed by atoms with van der Waals surface area (Å²) in [4.78, 5) is 28.3. The number of hydrogen-bond acceptors (Lipinski definition) is 4. The van der Waals surface area contributed by atoms with E-state index in [-0.39, 0.29) is 23.8 Å². The lowest BCUT2D eigenvalue weighted by molar-refractivity contribution is -0.142. The molecule has 1 aliphatic heterocycles. The van der Waals surface area contributed by atoms with Crippen LogP contribution in [0.4, 0.5) is 5.82 Å². The van der Waals surface area contributed by atoms with Crippen LogP contribution in [0, 0.1) is 5.92 Å². The molecule has 1 aliphatic carbocycles. The summed E-state index contributed by atoms with van der Waals surface area (Å²) in [5.41, 5.74) is 0.972. The Morgan fingerprint density at radius 1 is 1.16 bits per heavy atom. The topological polar surface area (TPSA) is 76.5 Å². The first-order chi connectivity index (χ1) is 15.6. The van der Waals surface area contributed by atoms with Crippen molar-refractivity contribution in [1.29, 1.82) is 0 Å². The Morgan fingerprint density at radius 2 is 1.91 bits per heavy atom. The van der Waals surface area contributed by atoms with Gasteiger partial charge in [0.05, 0.1) is 31.3 Å². The molecule has 0 spiro atoms. The molecule has 2 heterocycles. The maximum absolute atomic E-state index is 13.6. The van der Waals surface area contributed by atoms with Gasteiger partial charge in [0.1, 0.15) is 11.6 Å². The number of amides is 2. The molecular formula is C25H34N4O3. The minimum absolute atomic E-state index is 0.0421. The Kier molecular flexibility index (Phi) is 7.12. The predicted octanol–water partition coefficient (Wildman–Crippen LogP) is 4.73. The number of anilines is 1. The van der Waals surface area contributed by atoms with Crippen LogP contribution in [0.2, 0.25) is 0 Å². The van der Waals surface area contributed by atoms with E-state index in [1.165, 1.54) is 12.8 Å². The molecule has 1 N–H and O–H groups in total. The quantitative estimate of drug-likeness (QED) is 0.647. The first kappa shape index (κ1) is 22.4. The lowest BCUT2D eigenvalue weighted by atomic mass is 9.83. The molecule has 2 amide bonds. The molecule has 2 fully saturated rings. The van der Waals surface area contributed by atoms with E-state index in [0.29, 0.717) is 25.4 Å². The third-order valence-corrected chi connectivity index (χ3v) is 6.85. The van der Waals surface area contributed by atoms with E-state index in [4.69, 9.17) is 4.74 Å². The molecule has 1 saturated heterocycles. The number of methoxy groups -OCH3 is 1. The normalized spacial score (nSPS) is 21.7. The number of likely N-dealkylation sites (tertiary alicyclic amines) is 1. The molecule has 7 heteroatoms. The summed E-state index contributed by atoms with van der Waals surface area (Å²) in [5, 5.41) is 7.63. The first-order valence-corrected chi connectivity index (χ1v) is 11.9. The van der Waals surface area contributed by atoms with Gasteiger partial charge in [-0.05, 0) is 43.4 Å². The van der Waals surface area contributed by atoms with Crippen molar-refractivity contribution >= 4 is 17.6 Å². The van der Waals surface area contributed by atoms with Crippen molar-refractivity contribution in [3.63, 3.8) is 0 Å². The smallest absolute Gasteiger partial charge is 0.231 e. The number of hydrogen-bond donors (Lipinski definition) is 1. The molecule has 2 aromatic rings. The van der Waals surface area contributed by atoms with Gasteiger partial charge in [-0.25, -0.2) is 4.68 Å². The van der Waals surface area contributed by atoms with Crippen molar-refractivity contribution in [1.82, 2.24) is 14.7 Å². The number of ether oxygens (including phenoxy) is 1. The van der Waals surface area contributed by atoms with Crippen molar-refractivity contribution in [3.05, 3.63) is 42.1 Å². The molecule has 2 atom stereocenters. The van der Waals surface area contributed by atoms with E-state index >= 15 is 0 Å². The fourth-order valence-corrected chi connectivity index (χ4v) is 5.10. The summed E-state index contributed by atoms with van der Waals surface area (Å²) in [5.74, 6) is 1.29. The van der Waals surface area contributed by atoms with Gasteiger partial charge in [-0.1, -0.05) is 38.3 Å². The van der Waals surface area contributed by atoms with Crippen LogP contribution in [0.3, 0.4) is 0 Å². The Morgan fingerprint density at radius 3 is 2.59 bits per heavy atom. The summed E-state index contributed by atoms with van der Waals surface area (Å²) >= 11 is 0. The number of unbranched alkanes of at least 4 members (excludes halogenated alkanes) is 1. The number of carbonyl (C=O) groups excluding carboxylic acids is 2. The van der Waals surface area contributed by atoms with Crippen molar-refractivity contribution in [2.75, 3.05) is 19.0 Å². The second-order valence-electron chi connectivity index (χ2n) is 8.89. The van der Waals surface area contributed by atoms with Crippen LogP contribution in [0.25, 0.3) is 0 Å². The Balaban J connectivity index is 1.60. The minimum Gasteiger partial charge on any atom is -0.497 e. The largest absolute Gasteiger partial charge is 0.497 e. The van der Waals surface area contributed by atoms with Gasteiger partial charge in [-0.15, -0.1) is 0 Å². The van der Waals surface area contributed by atoms with Crippen molar-refractivity contribution in [2.45, 2.75) is 70.4 Å². The molecule has 1 aromatic heterocycles. The van der Waals surface area contributed by atoms with Crippen molar-refractivity contribution in [3.8, 4) is 5.75 Å². The van der Waals surface area contributed by atoms with Crippen LogP contribution in [0.5, 0.6) is 5.75 Å². The maximum Gasteiger partial charge on any atom is 0.231 e. The summed E-state index contributed by atoms with van der Waals surface area (Å²) in [6.45, 7) is 2.78. The number of piperidine rings is 1. The standard InChI is InChI=1S/C25H34N4O3/c1-3-4-17-28-23(30)14-13-21(24(28)18-9-11-20(32-2)12-10-18)25(31)27-22-15-16-26-29(22)19-7-5-6-8-19/h9-12,15-16,19,21,24H,3-8,13-14,17H2,1-2H3,(H,27,31)/t21-,24-/m1/s1. The molecule has 0 radical (unpaired) electrons. The Labute approximate surface area is 190 Å². The summed E-state index contributed by atoms with van der Waals surface area (Å²) in [6, 6.07) is 9.70. The average Bonchev–Trinajstić information content (AvgIpc) is 3.50. The van der Waals surface area contributed by atoms with Crippen LogP contribution in [0.15, 0.2) is 36.5 Å². The van der Waals surface area contributed by atoms with Gasteiger partial charge in [-0.2, -0.15) is 5.10 Å². The van der Waals surface area contributed by atoms with E-state index in [1.807, 2.05) is 39.9 Å². The van der Waals surface area contributed by atoms with Gasteiger partial charge < -0.3 is 15.0 Å². The van der Waals surface area contributed by atoms with E-state index < -0.39 is 0 Å². The van der Waals surface area contributed by atoms with E-state index in [0.717, 1.165) is 42.8 Å². The lowest BCUT2D eigenvalue weighted by Gasteiger charge is -2.41. The second-order valence-corrected chi connectivity index (χ2v) is 8.89. The highest BCUT2D eigenvalue weighted by Gasteiger charge is 2.40. The highest BCUT2D eigenvalue weighted by atomic mass is 16.5.